The first-order valence-electron chi connectivity index (χ1n) is 7.53. The Hall–Kier alpha value is -3.02. The Morgan fingerprint density at radius 1 is 1.09 bits per heavy atom. The highest BCUT2D eigenvalue weighted by molar-refractivity contribution is 5.88. The maximum atomic E-state index is 4.87. The third kappa shape index (κ3) is 2.28. The van der Waals surface area contributed by atoms with Crippen LogP contribution in [0.15, 0.2) is 59.7 Å². The third-order valence-corrected chi connectivity index (χ3v) is 4.01. The number of pyridine rings is 1. The summed E-state index contributed by atoms with van der Waals surface area (Å²) in [4.78, 5) is 8.65. The molecule has 0 aliphatic carbocycles. The highest BCUT2D eigenvalue weighted by atomic mass is 16.6. The van der Waals surface area contributed by atoms with Crippen molar-refractivity contribution in [2.45, 2.75) is 19.4 Å². The van der Waals surface area contributed by atoms with Crippen LogP contribution in [-0.4, -0.2) is 24.8 Å². The SMILES string of the molecule is CC[C@@H](c1ccncc1)n1ccnc1-c1cccc2nonc12. The van der Waals surface area contributed by atoms with Crippen molar-refractivity contribution in [3.63, 3.8) is 0 Å². The van der Waals surface area contributed by atoms with Crippen LogP contribution in [0.3, 0.4) is 0 Å². The summed E-state index contributed by atoms with van der Waals surface area (Å²) in [6.45, 7) is 2.16. The van der Waals surface area contributed by atoms with Crippen LogP contribution in [0.25, 0.3) is 22.4 Å². The number of nitrogens with zero attached hydrogens (tertiary/aromatic N) is 5. The summed E-state index contributed by atoms with van der Waals surface area (Å²) in [5, 5.41) is 7.93. The lowest BCUT2D eigenvalue weighted by atomic mass is 10.0. The molecule has 3 heterocycles. The van der Waals surface area contributed by atoms with Gasteiger partial charge in [0.1, 0.15) is 16.9 Å². The number of hydrogen-bond acceptors (Lipinski definition) is 5. The van der Waals surface area contributed by atoms with Crippen molar-refractivity contribution < 1.29 is 4.63 Å². The average molecular weight is 305 g/mol. The Balaban J connectivity index is 1.87. The Morgan fingerprint density at radius 2 is 1.96 bits per heavy atom. The van der Waals surface area contributed by atoms with Gasteiger partial charge in [-0.3, -0.25) is 4.98 Å². The minimum atomic E-state index is 0.186. The van der Waals surface area contributed by atoms with E-state index in [4.69, 9.17) is 4.63 Å². The van der Waals surface area contributed by atoms with Gasteiger partial charge in [0.05, 0.1) is 6.04 Å². The molecular weight excluding hydrogens is 290 g/mol. The molecule has 0 saturated carbocycles. The second-order valence-electron chi connectivity index (χ2n) is 5.30. The summed E-state index contributed by atoms with van der Waals surface area (Å²) < 4.78 is 7.04. The molecule has 0 saturated heterocycles. The molecule has 1 aromatic carbocycles. The standard InChI is InChI=1S/C17H15N5O/c1-2-15(12-6-8-18-9-7-12)22-11-10-19-17(22)13-4-3-5-14-16(13)21-23-20-14/h3-11,15H,2H2,1H3/t15-/m0/s1. The molecule has 0 aliphatic heterocycles. The van der Waals surface area contributed by atoms with Crippen LogP contribution in [0.4, 0.5) is 0 Å². The zero-order valence-corrected chi connectivity index (χ0v) is 12.6. The average Bonchev–Trinajstić information content (AvgIpc) is 3.25. The van der Waals surface area contributed by atoms with Crippen molar-refractivity contribution in [1.29, 1.82) is 0 Å². The van der Waals surface area contributed by atoms with E-state index in [1.165, 1.54) is 5.56 Å². The van der Waals surface area contributed by atoms with Crippen LogP contribution >= 0.6 is 0 Å². The molecule has 3 aromatic heterocycles. The topological polar surface area (TPSA) is 69.6 Å². The predicted molar refractivity (Wildman–Crippen MR) is 85.7 cm³/mol. The molecule has 4 rings (SSSR count). The minimum Gasteiger partial charge on any atom is -0.323 e. The molecular formula is C17H15N5O. The van der Waals surface area contributed by atoms with Gasteiger partial charge < -0.3 is 4.57 Å². The van der Waals surface area contributed by atoms with Gasteiger partial charge in [-0.2, -0.15) is 0 Å². The molecule has 0 amide bonds. The van der Waals surface area contributed by atoms with Crippen LogP contribution in [0.2, 0.25) is 0 Å². The predicted octanol–water partition coefficient (Wildman–Crippen LogP) is 3.48. The molecule has 4 aromatic rings. The van der Waals surface area contributed by atoms with Crippen LogP contribution in [0.1, 0.15) is 24.9 Å². The van der Waals surface area contributed by atoms with E-state index in [1.54, 1.807) is 0 Å². The Bertz CT molecular complexity index is 928. The number of imidazole rings is 1. The van der Waals surface area contributed by atoms with Crippen LogP contribution < -0.4 is 0 Å². The van der Waals surface area contributed by atoms with Gasteiger partial charge in [-0.25, -0.2) is 9.61 Å². The van der Waals surface area contributed by atoms with Gasteiger partial charge in [-0.05, 0) is 46.6 Å². The molecule has 0 aliphatic rings. The summed E-state index contributed by atoms with van der Waals surface area (Å²) in [6.07, 6.45) is 8.38. The van der Waals surface area contributed by atoms with Gasteiger partial charge in [0, 0.05) is 30.4 Å². The van der Waals surface area contributed by atoms with Crippen molar-refractivity contribution in [3.8, 4) is 11.4 Å². The van der Waals surface area contributed by atoms with E-state index < -0.39 is 0 Å². The summed E-state index contributed by atoms with van der Waals surface area (Å²) in [5.41, 5.74) is 3.58. The number of aromatic nitrogens is 5. The van der Waals surface area contributed by atoms with Gasteiger partial charge in [0.15, 0.2) is 0 Å². The van der Waals surface area contributed by atoms with Crippen LogP contribution in [0, 0.1) is 0 Å². The molecule has 1 atom stereocenters. The maximum absolute atomic E-state index is 4.87. The molecule has 6 heteroatoms. The smallest absolute Gasteiger partial charge is 0.146 e. The molecule has 0 unspecified atom stereocenters. The van der Waals surface area contributed by atoms with Crippen molar-refractivity contribution >= 4 is 11.0 Å². The lowest BCUT2D eigenvalue weighted by Crippen LogP contribution is -2.10. The van der Waals surface area contributed by atoms with Crippen molar-refractivity contribution in [2.75, 3.05) is 0 Å². The van der Waals surface area contributed by atoms with E-state index in [9.17, 15) is 0 Å². The first-order valence-corrected chi connectivity index (χ1v) is 7.53. The maximum Gasteiger partial charge on any atom is 0.146 e. The van der Waals surface area contributed by atoms with Crippen molar-refractivity contribution in [1.82, 2.24) is 24.8 Å². The molecule has 6 nitrogen and oxygen atoms in total. The zero-order valence-electron chi connectivity index (χ0n) is 12.6. The third-order valence-electron chi connectivity index (χ3n) is 4.01. The summed E-state index contributed by atoms with van der Waals surface area (Å²) in [5.74, 6) is 0.856. The Morgan fingerprint density at radius 3 is 2.78 bits per heavy atom. The fraction of sp³-hybridized carbons (Fsp3) is 0.176. The Labute approximate surface area is 132 Å². The molecule has 0 radical (unpaired) electrons. The number of rotatable bonds is 4. The van der Waals surface area contributed by atoms with E-state index >= 15 is 0 Å². The fourth-order valence-electron chi connectivity index (χ4n) is 2.94. The van der Waals surface area contributed by atoms with E-state index in [0.717, 1.165) is 28.8 Å². The molecule has 0 N–H and O–H groups in total. The first kappa shape index (κ1) is 13.6. The highest BCUT2D eigenvalue weighted by Crippen LogP contribution is 2.30. The molecule has 114 valence electrons. The van der Waals surface area contributed by atoms with Gasteiger partial charge in [-0.1, -0.05) is 13.0 Å². The quantitative estimate of drug-likeness (QED) is 0.577. The summed E-state index contributed by atoms with van der Waals surface area (Å²) in [6, 6.07) is 10.1. The fourth-order valence-corrected chi connectivity index (χ4v) is 2.94. The van der Waals surface area contributed by atoms with Crippen molar-refractivity contribution in [2.24, 2.45) is 0 Å². The van der Waals surface area contributed by atoms with E-state index in [1.807, 2.05) is 55.1 Å². The second kappa shape index (κ2) is 5.64. The minimum absolute atomic E-state index is 0.186. The van der Waals surface area contributed by atoms with Crippen molar-refractivity contribution in [3.05, 3.63) is 60.7 Å². The van der Waals surface area contributed by atoms with Gasteiger partial charge in [0.2, 0.25) is 0 Å². The normalized spacial score (nSPS) is 12.6. The number of benzene rings is 1. The number of fused-ring (bicyclic) bond motifs is 1. The van der Waals surface area contributed by atoms with Gasteiger partial charge in [0.25, 0.3) is 0 Å². The zero-order chi connectivity index (χ0) is 15.6. The van der Waals surface area contributed by atoms with Gasteiger partial charge in [-0.15, -0.1) is 0 Å². The van der Waals surface area contributed by atoms with E-state index in [0.29, 0.717) is 0 Å². The second-order valence-corrected chi connectivity index (χ2v) is 5.30. The molecule has 0 fully saturated rings. The highest BCUT2D eigenvalue weighted by Gasteiger charge is 2.19. The summed E-state index contributed by atoms with van der Waals surface area (Å²) >= 11 is 0. The van der Waals surface area contributed by atoms with Crippen LogP contribution in [-0.2, 0) is 0 Å². The lowest BCUT2D eigenvalue weighted by molar-refractivity contribution is 0.315. The van der Waals surface area contributed by atoms with E-state index in [-0.39, 0.29) is 6.04 Å². The molecule has 23 heavy (non-hydrogen) atoms. The summed E-state index contributed by atoms with van der Waals surface area (Å²) in [7, 11) is 0. The Kier molecular flexibility index (Phi) is 3.34. The van der Waals surface area contributed by atoms with E-state index in [2.05, 4.69) is 31.8 Å². The molecule has 0 bridgehead atoms. The van der Waals surface area contributed by atoms with Gasteiger partial charge >= 0.3 is 0 Å². The first-order chi connectivity index (χ1) is 11.4. The molecule has 0 spiro atoms. The number of hydrogen-bond donors (Lipinski definition) is 0. The monoisotopic (exact) mass is 305 g/mol. The van der Waals surface area contributed by atoms with Crippen LogP contribution in [0.5, 0.6) is 0 Å². The largest absolute Gasteiger partial charge is 0.323 e. The lowest BCUT2D eigenvalue weighted by Gasteiger charge is -2.19.